The number of carbonyl (C=O) groups excluding carboxylic acids is 2. The molecule has 2 fully saturated rings. The highest BCUT2D eigenvalue weighted by molar-refractivity contribution is 5.82. The number of rotatable bonds is 5. The van der Waals surface area contributed by atoms with Crippen molar-refractivity contribution in [1.29, 1.82) is 0 Å². The number of ether oxygens (including phenoxy) is 1. The van der Waals surface area contributed by atoms with Crippen LogP contribution in [0.25, 0.3) is 0 Å². The van der Waals surface area contributed by atoms with Gasteiger partial charge in [0.2, 0.25) is 5.91 Å². The van der Waals surface area contributed by atoms with Crippen molar-refractivity contribution < 1.29 is 19.4 Å². The highest BCUT2D eigenvalue weighted by atomic mass is 16.6. The molecule has 0 atom stereocenters. The smallest absolute Gasteiger partial charge is 0.410 e. The fourth-order valence-electron chi connectivity index (χ4n) is 4.04. The summed E-state index contributed by atoms with van der Waals surface area (Å²) in [6.07, 6.45) is 3.87. The topological polar surface area (TPSA) is 78.9 Å². The lowest BCUT2D eigenvalue weighted by molar-refractivity contribution is -0.129. The minimum atomic E-state index is -0.286. The number of aromatic hydroxyl groups is 1. The summed E-state index contributed by atoms with van der Waals surface area (Å²) in [5, 5.41) is 12.5. The molecular weight excluding hydrogens is 356 g/mol. The van der Waals surface area contributed by atoms with Crippen LogP contribution in [0.5, 0.6) is 5.75 Å². The third-order valence-corrected chi connectivity index (χ3v) is 6.17. The Morgan fingerprint density at radius 3 is 2.50 bits per heavy atom. The molecule has 3 rings (SSSR count). The number of aryl methyl sites for hydroxylation is 1. The standard InChI is InChI=1S/C22H32N2O4/c1-14(2)17-5-7-19(8-6-17)28-22(27)24-12-18(13-24)21(26)23-11-16-4-9-20(25)15(3)10-16/h4,9-10,14,17-19,25H,5-8,11-13H2,1-3H3,(H,23,26)/t17-,19-. The largest absolute Gasteiger partial charge is 0.508 e. The number of hydrogen-bond acceptors (Lipinski definition) is 4. The van der Waals surface area contributed by atoms with Gasteiger partial charge in [0.25, 0.3) is 0 Å². The van der Waals surface area contributed by atoms with Crippen LogP contribution in [0.1, 0.15) is 50.7 Å². The van der Waals surface area contributed by atoms with Crippen LogP contribution in [-0.2, 0) is 16.1 Å². The molecular formula is C22H32N2O4. The van der Waals surface area contributed by atoms with Gasteiger partial charge < -0.3 is 20.1 Å². The Morgan fingerprint density at radius 2 is 1.89 bits per heavy atom. The zero-order chi connectivity index (χ0) is 20.3. The van der Waals surface area contributed by atoms with Crippen LogP contribution in [0.2, 0.25) is 0 Å². The number of nitrogens with zero attached hydrogens (tertiary/aromatic N) is 1. The zero-order valence-corrected chi connectivity index (χ0v) is 17.1. The van der Waals surface area contributed by atoms with Crippen molar-refractivity contribution in [3.05, 3.63) is 29.3 Å². The van der Waals surface area contributed by atoms with E-state index in [9.17, 15) is 14.7 Å². The summed E-state index contributed by atoms with van der Waals surface area (Å²) in [6.45, 7) is 7.59. The molecule has 0 aromatic heterocycles. The van der Waals surface area contributed by atoms with E-state index in [2.05, 4.69) is 19.2 Å². The summed E-state index contributed by atoms with van der Waals surface area (Å²) < 4.78 is 5.64. The van der Waals surface area contributed by atoms with Crippen molar-refractivity contribution in [3.63, 3.8) is 0 Å². The molecule has 1 aromatic rings. The lowest BCUT2D eigenvalue weighted by Crippen LogP contribution is -2.56. The van der Waals surface area contributed by atoms with Gasteiger partial charge in [-0.05, 0) is 61.6 Å². The van der Waals surface area contributed by atoms with Gasteiger partial charge in [-0.25, -0.2) is 4.79 Å². The predicted molar refractivity (Wildman–Crippen MR) is 107 cm³/mol. The first kappa shape index (κ1) is 20.5. The van der Waals surface area contributed by atoms with Crippen LogP contribution in [-0.4, -0.2) is 41.2 Å². The Hall–Kier alpha value is -2.24. The van der Waals surface area contributed by atoms with Crippen molar-refractivity contribution in [2.45, 2.75) is 59.1 Å². The number of phenols is 1. The van der Waals surface area contributed by atoms with Gasteiger partial charge in [0.05, 0.1) is 5.92 Å². The predicted octanol–water partition coefficient (Wildman–Crippen LogP) is 3.60. The number of phenolic OH excluding ortho intramolecular Hbond substituents is 1. The van der Waals surface area contributed by atoms with Crippen molar-refractivity contribution in [2.75, 3.05) is 13.1 Å². The van der Waals surface area contributed by atoms with E-state index in [0.29, 0.717) is 25.6 Å². The SMILES string of the molecule is Cc1cc(CNC(=O)C2CN(C(=O)O[C@H]3CC[C@H](C(C)C)CC3)C2)ccc1O. The molecule has 0 bridgehead atoms. The van der Waals surface area contributed by atoms with E-state index >= 15 is 0 Å². The van der Waals surface area contributed by atoms with E-state index in [1.807, 2.05) is 13.0 Å². The first-order chi connectivity index (χ1) is 13.3. The fourth-order valence-corrected chi connectivity index (χ4v) is 4.04. The molecule has 0 spiro atoms. The molecule has 1 aliphatic heterocycles. The van der Waals surface area contributed by atoms with Crippen LogP contribution < -0.4 is 5.32 Å². The summed E-state index contributed by atoms with van der Waals surface area (Å²) in [7, 11) is 0. The Kier molecular flexibility index (Phi) is 6.47. The first-order valence-electron chi connectivity index (χ1n) is 10.3. The number of nitrogens with one attached hydrogen (secondary N) is 1. The Balaban J connectivity index is 1.36. The third-order valence-electron chi connectivity index (χ3n) is 6.17. The van der Waals surface area contributed by atoms with Gasteiger partial charge in [-0.1, -0.05) is 26.0 Å². The summed E-state index contributed by atoms with van der Waals surface area (Å²) in [4.78, 5) is 26.2. The molecule has 1 aromatic carbocycles. The molecule has 154 valence electrons. The molecule has 1 saturated heterocycles. The number of amides is 2. The van der Waals surface area contributed by atoms with Gasteiger partial charge in [0.1, 0.15) is 11.9 Å². The first-order valence-corrected chi connectivity index (χ1v) is 10.3. The Bertz CT molecular complexity index is 704. The lowest BCUT2D eigenvalue weighted by Gasteiger charge is -2.39. The summed E-state index contributed by atoms with van der Waals surface area (Å²) >= 11 is 0. The Morgan fingerprint density at radius 1 is 1.21 bits per heavy atom. The van der Waals surface area contributed by atoms with E-state index < -0.39 is 0 Å². The molecule has 6 nitrogen and oxygen atoms in total. The molecule has 1 saturated carbocycles. The second kappa shape index (κ2) is 8.84. The maximum absolute atomic E-state index is 12.3. The van der Waals surface area contributed by atoms with E-state index in [0.717, 1.165) is 42.7 Å². The molecule has 2 N–H and O–H groups in total. The van der Waals surface area contributed by atoms with Crippen LogP contribution in [0.4, 0.5) is 4.79 Å². The normalized spacial score (nSPS) is 22.6. The monoisotopic (exact) mass is 388 g/mol. The van der Waals surface area contributed by atoms with E-state index in [1.165, 1.54) is 0 Å². The molecule has 0 unspecified atom stereocenters. The van der Waals surface area contributed by atoms with Gasteiger partial charge >= 0.3 is 6.09 Å². The molecule has 2 aliphatic rings. The van der Waals surface area contributed by atoms with Crippen molar-refractivity contribution >= 4 is 12.0 Å². The summed E-state index contributed by atoms with van der Waals surface area (Å²) in [6, 6.07) is 5.28. The Labute approximate surface area is 167 Å². The number of carbonyl (C=O) groups is 2. The van der Waals surface area contributed by atoms with Gasteiger partial charge in [-0.3, -0.25) is 4.79 Å². The van der Waals surface area contributed by atoms with Crippen molar-refractivity contribution in [3.8, 4) is 5.75 Å². The molecule has 0 radical (unpaired) electrons. The fraction of sp³-hybridized carbons (Fsp3) is 0.636. The van der Waals surface area contributed by atoms with Gasteiger partial charge in [0.15, 0.2) is 0 Å². The number of benzene rings is 1. The highest BCUT2D eigenvalue weighted by Gasteiger charge is 2.37. The number of likely N-dealkylation sites (tertiary alicyclic amines) is 1. The summed E-state index contributed by atoms with van der Waals surface area (Å²) in [5.41, 5.74) is 1.72. The molecule has 28 heavy (non-hydrogen) atoms. The van der Waals surface area contributed by atoms with Crippen molar-refractivity contribution in [1.82, 2.24) is 10.2 Å². The minimum absolute atomic E-state index is 0.0214. The van der Waals surface area contributed by atoms with Crippen LogP contribution in [0.3, 0.4) is 0 Å². The average molecular weight is 389 g/mol. The van der Waals surface area contributed by atoms with E-state index in [-0.39, 0.29) is 29.8 Å². The lowest BCUT2D eigenvalue weighted by atomic mass is 9.80. The third kappa shape index (κ3) is 4.97. The zero-order valence-electron chi connectivity index (χ0n) is 17.1. The molecule has 2 amide bonds. The minimum Gasteiger partial charge on any atom is -0.508 e. The quantitative estimate of drug-likeness (QED) is 0.808. The van der Waals surface area contributed by atoms with Crippen molar-refractivity contribution in [2.24, 2.45) is 17.8 Å². The molecule has 1 heterocycles. The van der Waals surface area contributed by atoms with E-state index in [1.54, 1.807) is 17.0 Å². The second-order valence-electron chi connectivity index (χ2n) is 8.61. The van der Waals surface area contributed by atoms with E-state index in [4.69, 9.17) is 4.74 Å². The molecule has 6 heteroatoms. The van der Waals surface area contributed by atoms with Gasteiger partial charge in [0, 0.05) is 19.6 Å². The maximum Gasteiger partial charge on any atom is 0.410 e. The van der Waals surface area contributed by atoms with Crippen LogP contribution in [0.15, 0.2) is 18.2 Å². The van der Waals surface area contributed by atoms with Crippen LogP contribution in [0, 0.1) is 24.7 Å². The number of hydrogen-bond donors (Lipinski definition) is 2. The second-order valence-corrected chi connectivity index (χ2v) is 8.61. The average Bonchev–Trinajstić information content (AvgIpc) is 2.62. The van der Waals surface area contributed by atoms with Crippen LogP contribution >= 0.6 is 0 Å². The van der Waals surface area contributed by atoms with Gasteiger partial charge in [-0.15, -0.1) is 0 Å². The highest BCUT2D eigenvalue weighted by Crippen LogP contribution is 2.32. The maximum atomic E-state index is 12.3. The molecule has 1 aliphatic carbocycles. The summed E-state index contributed by atoms with van der Waals surface area (Å²) in [5.74, 6) is 1.46. The van der Waals surface area contributed by atoms with Gasteiger partial charge in [-0.2, -0.15) is 0 Å².